The van der Waals surface area contributed by atoms with Gasteiger partial charge in [-0.25, -0.2) is 4.98 Å². The molecule has 3 aromatic rings. The van der Waals surface area contributed by atoms with Crippen LogP contribution in [0.1, 0.15) is 41.1 Å². The van der Waals surface area contributed by atoms with Crippen molar-refractivity contribution < 1.29 is 9.47 Å². The fourth-order valence-electron chi connectivity index (χ4n) is 4.68. The van der Waals surface area contributed by atoms with Gasteiger partial charge in [-0.05, 0) is 45.7 Å². The molecule has 4 heterocycles. The SMILES string of the molecule is COc1c(C)cnc(CN(CC2(c3cccc(C)n3)CCOCC2)c2cc(Cl)nc(N)n2)c1C. The number of methoxy groups -OCH3 is 1. The number of hydrogen-bond donors (Lipinski definition) is 1. The van der Waals surface area contributed by atoms with Crippen LogP contribution in [0, 0.1) is 20.8 Å². The van der Waals surface area contributed by atoms with Crippen LogP contribution < -0.4 is 15.4 Å². The highest BCUT2D eigenvalue weighted by Gasteiger charge is 2.38. The minimum absolute atomic E-state index is 0.133. The van der Waals surface area contributed by atoms with Crippen LogP contribution in [-0.4, -0.2) is 46.8 Å². The predicted octanol–water partition coefficient (Wildman–Crippen LogP) is 4.19. The topological polar surface area (TPSA) is 99.3 Å². The first-order chi connectivity index (χ1) is 16.3. The summed E-state index contributed by atoms with van der Waals surface area (Å²) in [6.45, 7) is 8.54. The molecular weight excluding hydrogens is 452 g/mol. The van der Waals surface area contributed by atoms with Crippen molar-refractivity contribution in [2.24, 2.45) is 0 Å². The predicted molar refractivity (Wildman–Crippen MR) is 133 cm³/mol. The maximum absolute atomic E-state index is 6.29. The maximum Gasteiger partial charge on any atom is 0.223 e. The largest absolute Gasteiger partial charge is 0.496 e. The highest BCUT2D eigenvalue weighted by atomic mass is 35.5. The van der Waals surface area contributed by atoms with E-state index in [1.165, 1.54) is 0 Å². The normalized spacial score (nSPS) is 15.2. The van der Waals surface area contributed by atoms with E-state index < -0.39 is 0 Å². The second-order valence-electron chi connectivity index (χ2n) is 8.87. The summed E-state index contributed by atoms with van der Waals surface area (Å²) >= 11 is 6.29. The van der Waals surface area contributed by atoms with Gasteiger partial charge in [-0.1, -0.05) is 17.7 Å². The average Bonchev–Trinajstić information content (AvgIpc) is 2.81. The summed E-state index contributed by atoms with van der Waals surface area (Å²) in [4.78, 5) is 20.4. The highest BCUT2D eigenvalue weighted by molar-refractivity contribution is 6.29. The summed E-state index contributed by atoms with van der Waals surface area (Å²) in [5.41, 5.74) is 10.7. The van der Waals surface area contributed by atoms with Gasteiger partial charge in [0.2, 0.25) is 5.95 Å². The first-order valence-corrected chi connectivity index (χ1v) is 11.7. The van der Waals surface area contributed by atoms with Crippen molar-refractivity contribution in [1.29, 1.82) is 0 Å². The van der Waals surface area contributed by atoms with E-state index in [1.54, 1.807) is 13.2 Å². The molecule has 0 saturated carbocycles. The van der Waals surface area contributed by atoms with Gasteiger partial charge in [0.25, 0.3) is 0 Å². The zero-order chi connectivity index (χ0) is 24.3. The van der Waals surface area contributed by atoms with Gasteiger partial charge in [0.15, 0.2) is 0 Å². The molecule has 1 aliphatic heterocycles. The summed E-state index contributed by atoms with van der Waals surface area (Å²) in [5.74, 6) is 1.62. The van der Waals surface area contributed by atoms with Crippen molar-refractivity contribution in [3.05, 3.63) is 63.8 Å². The number of nitrogens with two attached hydrogens (primary N) is 1. The van der Waals surface area contributed by atoms with Crippen LogP contribution in [0.2, 0.25) is 5.15 Å². The molecule has 1 aliphatic rings. The number of halogens is 1. The third-order valence-corrected chi connectivity index (χ3v) is 6.68. The maximum atomic E-state index is 6.29. The number of ether oxygens (including phenoxy) is 2. The monoisotopic (exact) mass is 482 g/mol. The Hall–Kier alpha value is -2.97. The van der Waals surface area contributed by atoms with E-state index in [1.807, 2.05) is 33.0 Å². The number of nitrogens with zero attached hydrogens (tertiary/aromatic N) is 5. The molecule has 0 spiro atoms. The lowest BCUT2D eigenvalue weighted by Gasteiger charge is -2.41. The summed E-state index contributed by atoms with van der Waals surface area (Å²) in [5, 5.41) is 0.299. The summed E-state index contributed by atoms with van der Waals surface area (Å²) < 4.78 is 11.4. The molecule has 1 saturated heterocycles. The first-order valence-electron chi connectivity index (χ1n) is 11.4. The molecule has 0 bridgehead atoms. The van der Waals surface area contributed by atoms with Gasteiger partial charge in [0.05, 0.1) is 19.3 Å². The van der Waals surface area contributed by atoms with Gasteiger partial charge in [0, 0.05) is 60.0 Å². The number of nitrogen functional groups attached to an aromatic ring is 1. The quantitative estimate of drug-likeness (QED) is 0.500. The van der Waals surface area contributed by atoms with Gasteiger partial charge in [0.1, 0.15) is 16.7 Å². The summed E-state index contributed by atoms with van der Waals surface area (Å²) in [6.07, 6.45) is 3.53. The Morgan fingerprint density at radius 1 is 1.15 bits per heavy atom. The van der Waals surface area contributed by atoms with Crippen molar-refractivity contribution in [2.75, 3.05) is 37.5 Å². The molecule has 1 fully saturated rings. The molecule has 0 unspecified atom stereocenters. The molecule has 0 aromatic carbocycles. The van der Waals surface area contributed by atoms with Crippen LogP contribution in [0.4, 0.5) is 11.8 Å². The van der Waals surface area contributed by atoms with Crippen molar-refractivity contribution in [1.82, 2.24) is 19.9 Å². The molecule has 34 heavy (non-hydrogen) atoms. The molecule has 2 N–H and O–H groups in total. The van der Waals surface area contributed by atoms with Crippen LogP contribution in [-0.2, 0) is 16.7 Å². The Morgan fingerprint density at radius 2 is 1.91 bits per heavy atom. The minimum Gasteiger partial charge on any atom is -0.496 e. The van der Waals surface area contributed by atoms with Gasteiger partial charge in [-0.3, -0.25) is 9.97 Å². The van der Waals surface area contributed by atoms with Crippen LogP contribution >= 0.6 is 11.6 Å². The van der Waals surface area contributed by atoms with Crippen LogP contribution in [0.3, 0.4) is 0 Å². The number of pyridine rings is 2. The van der Waals surface area contributed by atoms with Crippen molar-refractivity contribution in [2.45, 2.75) is 45.6 Å². The average molecular weight is 483 g/mol. The van der Waals surface area contributed by atoms with Crippen molar-refractivity contribution >= 4 is 23.4 Å². The molecule has 9 heteroatoms. The molecule has 0 radical (unpaired) electrons. The van der Waals surface area contributed by atoms with E-state index in [4.69, 9.17) is 36.8 Å². The number of hydrogen-bond acceptors (Lipinski definition) is 8. The van der Waals surface area contributed by atoms with E-state index in [0.717, 1.165) is 46.8 Å². The lowest BCUT2D eigenvalue weighted by molar-refractivity contribution is 0.0505. The third kappa shape index (κ3) is 5.08. The van der Waals surface area contributed by atoms with Gasteiger partial charge in [-0.15, -0.1) is 0 Å². The third-order valence-electron chi connectivity index (χ3n) is 6.49. The molecule has 0 atom stereocenters. The van der Waals surface area contributed by atoms with E-state index >= 15 is 0 Å². The smallest absolute Gasteiger partial charge is 0.223 e. The Balaban J connectivity index is 1.79. The Labute approximate surface area is 205 Å². The summed E-state index contributed by atoms with van der Waals surface area (Å²) in [7, 11) is 1.68. The molecule has 0 aliphatic carbocycles. The van der Waals surface area contributed by atoms with Crippen LogP contribution in [0.25, 0.3) is 0 Å². The molecule has 4 rings (SSSR count). The van der Waals surface area contributed by atoms with E-state index in [2.05, 4.69) is 27.0 Å². The van der Waals surface area contributed by atoms with E-state index in [-0.39, 0.29) is 11.4 Å². The molecule has 180 valence electrons. The lowest BCUT2D eigenvalue weighted by Crippen LogP contribution is -2.45. The molecule has 3 aromatic heterocycles. The standard InChI is InChI=1S/C25H31ClN6O2/c1-16-13-28-19(18(3)23(16)33-4)14-32(22-12-21(26)30-24(27)31-22)15-25(8-10-34-11-9-25)20-7-5-6-17(2)29-20/h5-7,12-13H,8-11,14-15H2,1-4H3,(H2,27,30,31). The fraction of sp³-hybridized carbons (Fsp3) is 0.440. The summed E-state index contributed by atoms with van der Waals surface area (Å²) in [6, 6.07) is 7.94. The van der Waals surface area contributed by atoms with Gasteiger partial charge < -0.3 is 20.1 Å². The molecular formula is C25H31ClN6O2. The van der Waals surface area contributed by atoms with Crippen LogP contribution in [0.15, 0.2) is 30.5 Å². The van der Waals surface area contributed by atoms with E-state index in [0.29, 0.717) is 37.3 Å². The second-order valence-corrected chi connectivity index (χ2v) is 9.25. The van der Waals surface area contributed by atoms with Gasteiger partial charge in [-0.2, -0.15) is 4.98 Å². The van der Waals surface area contributed by atoms with Crippen molar-refractivity contribution in [3.8, 4) is 5.75 Å². The molecule has 8 nitrogen and oxygen atoms in total. The zero-order valence-corrected chi connectivity index (χ0v) is 20.9. The Bertz CT molecular complexity index is 1150. The fourth-order valence-corrected chi connectivity index (χ4v) is 4.86. The van der Waals surface area contributed by atoms with E-state index in [9.17, 15) is 0 Å². The number of aryl methyl sites for hydroxylation is 2. The first kappa shape index (κ1) is 24.2. The number of aromatic nitrogens is 4. The number of rotatable bonds is 7. The Morgan fingerprint density at radius 3 is 2.59 bits per heavy atom. The minimum atomic E-state index is -0.223. The van der Waals surface area contributed by atoms with Crippen LogP contribution in [0.5, 0.6) is 5.75 Å². The second kappa shape index (κ2) is 10.1. The number of anilines is 2. The van der Waals surface area contributed by atoms with Crippen molar-refractivity contribution in [3.63, 3.8) is 0 Å². The Kier molecular flexibility index (Phi) is 7.19. The molecule has 0 amide bonds. The van der Waals surface area contributed by atoms with Gasteiger partial charge >= 0.3 is 0 Å². The lowest BCUT2D eigenvalue weighted by atomic mass is 9.76. The zero-order valence-electron chi connectivity index (χ0n) is 20.1. The highest BCUT2D eigenvalue weighted by Crippen LogP contribution is 2.37.